The maximum Gasteiger partial charge on any atom is 0.161 e. The van der Waals surface area contributed by atoms with E-state index in [4.69, 9.17) is 16.3 Å². The molecule has 2 rings (SSSR count). The molecule has 2 aromatic rings. The number of phenols is 1. The zero-order valence-electron chi connectivity index (χ0n) is 11.1. The fraction of sp³-hybridized carbons (Fsp3) is 0.286. The summed E-state index contributed by atoms with van der Waals surface area (Å²) in [5.41, 5.74) is 2.46. The fourth-order valence-corrected chi connectivity index (χ4v) is 1.86. The topological polar surface area (TPSA) is 55.2 Å². The molecule has 0 radical (unpaired) electrons. The molecule has 1 aromatic heterocycles. The average molecular weight is 279 g/mol. The van der Waals surface area contributed by atoms with E-state index >= 15 is 0 Å². The van der Waals surface area contributed by atoms with Gasteiger partial charge in [-0.15, -0.1) is 0 Å². The van der Waals surface area contributed by atoms with Gasteiger partial charge in [0, 0.05) is 16.8 Å². The van der Waals surface area contributed by atoms with Crippen LogP contribution in [0.4, 0.5) is 0 Å². The van der Waals surface area contributed by atoms with Crippen LogP contribution >= 0.6 is 11.6 Å². The van der Waals surface area contributed by atoms with Crippen LogP contribution in [0.25, 0.3) is 11.4 Å². The molecule has 0 aliphatic carbocycles. The highest BCUT2D eigenvalue weighted by molar-refractivity contribution is 6.30. The molecular weight excluding hydrogens is 264 g/mol. The van der Waals surface area contributed by atoms with Gasteiger partial charge in [0.1, 0.15) is 5.15 Å². The molecule has 19 heavy (non-hydrogen) atoms. The first-order valence-electron chi connectivity index (χ1n) is 5.99. The number of hydrogen-bond donors (Lipinski definition) is 1. The maximum atomic E-state index is 9.67. The Bertz CT molecular complexity index is 591. The highest BCUT2D eigenvalue weighted by Gasteiger charge is 2.10. The van der Waals surface area contributed by atoms with E-state index in [0.29, 0.717) is 23.3 Å². The third kappa shape index (κ3) is 2.79. The number of phenolic OH excluding ortho intramolecular Hbond substituents is 1. The third-order valence-corrected chi connectivity index (χ3v) is 3.22. The first-order valence-corrected chi connectivity index (χ1v) is 6.37. The van der Waals surface area contributed by atoms with Crippen LogP contribution in [0, 0.1) is 13.8 Å². The molecule has 0 aliphatic rings. The van der Waals surface area contributed by atoms with Crippen LogP contribution in [-0.2, 0) is 0 Å². The highest BCUT2D eigenvalue weighted by atomic mass is 35.5. The summed E-state index contributed by atoms with van der Waals surface area (Å²) in [6, 6.07) is 5.00. The minimum Gasteiger partial charge on any atom is -0.504 e. The Labute approximate surface area is 117 Å². The Morgan fingerprint density at radius 2 is 2.00 bits per heavy atom. The van der Waals surface area contributed by atoms with Crippen molar-refractivity contribution in [3.63, 3.8) is 0 Å². The predicted molar refractivity (Wildman–Crippen MR) is 74.8 cm³/mol. The van der Waals surface area contributed by atoms with Crippen LogP contribution in [0.3, 0.4) is 0 Å². The van der Waals surface area contributed by atoms with Crippen molar-refractivity contribution in [3.05, 3.63) is 34.6 Å². The molecule has 1 aromatic carbocycles. The second-order valence-corrected chi connectivity index (χ2v) is 4.52. The number of aryl methyl sites for hydroxylation is 1. The predicted octanol–water partition coefficient (Wildman–Crippen LogP) is 3.52. The molecule has 1 heterocycles. The van der Waals surface area contributed by atoms with Crippen molar-refractivity contribution in [1.29, 1.82) is 0 Å². The summed E-state index contributed by atoms with van der Waals surface area (Å²) >= 11 is 6.07. The van der Waals surface area contributed by atoms with Gasteiger partial charge in [0.15, 0.2) is 17.3 Å². The molecule has 4 nitrogen and oxygen atoms in total. The van der Waals surface area contributed by atoms with E-state index in [1.54, 1.807) is 18.2 Å². The summed E-state index contributed by atoms with van der Waals surface area (Å²) in [5, 5.41) is 10.1. The summed E-state index contributed by atoms with van der Waals surface area (Å²) in [4.78, 5) is 8.65. The number of hydrogen-bond acceptors (Lipinski definition) is 4. The summed E-state index contributed by atoms with van der Waals surface area (Å²) < 4.78 is 5.34. The van der Waals surface area contributed by atoms with Gasteiger partial charge >= 0.3 is 0 Å². The van der Waals surface area contributed by atoms with E-state index in [1.807, 2.05) is 20.8 Å². The molecule has 100 valence electrons. The minimum absolute atomic E-state index is 0.0977. The monoisotopic (exact) mass is 278 g/mol. The molecule has 0 amide bonds. The summed E-state index contributed by atoms with van der Waals surface area (Å²) in [6.45, 7) is 6.10. The Balaban J connectivity index is 2.50. The van der Waals surface area contributed by atoms with Gasteiger partial charge in [-0.25, -0.2) is 9.97 Å². The van der Waals surface area contributed by atoms with Gasteiger partial charge in [-0.1, -0.05) is 11.6 Å². The Kier molecular flexibility index (Phi) is 3.90. The van der Waals surface area contributed by atoms with E-state index in [0.717, 1.165) is 16.8 Å². The average Bonchev–Trinajstić information content (AvgIpc) is 2.38. The Morgan fingerprint density at radius 3 is 2.63 bits per heavy atom. The van der Waals surface area contributed by atoms with Crippen molar-refractivity contribution in [3.8, 4) is 22.9 Å². The van der Waals surface area contributed by atoms with E-state index in [1.165, 1.54) is 0 Å². The third-order valence-electron chi connectivity index (χ3n) is 2.85. The summed E-state index contributed by atoms with van der Waals surface area (Å²) in [5.74, 6) is 1.03. The lowest BCUT2D eigenvalue weighted by atomic mass is 10.1. The summed E-state index contributed by atoms with van der Waals surface area (Å²) in [6.07, 6.45) is 0. The van der Waals surface area contributed by atoms with Crippen molar-refractivity contribution in [1.82, 2.24) is 9.97 Å². The molecule has 0 unspecified atom stereocenters. The fourth-order valence-electron chi connectivity index (χ4n) is 1.65. The van der Waals surface area contributed by atoms with Gasteiger partial charge in [-0.3, -0.25) is 0 Å². The first-order chi connectivity index (χ1) is 9.02. The van der Waals surface area contributed by atoms with Gasteiger partial charge < -0.3 is 9.84 Å². The number of rotatable bonds is 3. The number of aromatic hydroxyl groups is 1. The lowest BCUT2D eigenvalue weighted by molar-refractivity contribution is 0.318. The molecule has 0 aliphatic heterocycles. The molecule has 0 saturated heterocycles. The van der Waals surface area contributed by atoms with Gasteiger partial charge in [-0.2, -0.15) is 0 Å². The van der Waals surface area contributed by atoms with Crippen LogP contribution in [-0.4, -0.2) is 21.7 Å². The highest BCUT2D eigenvalue weighted by Crippen LogP contribution is 2.31. The van der Waals surface area contributed by atoms with Crippen molar-refractivity contribution in [2.75, 3.05) is 6.61 Å². The Hall–Kier alpha value is -1.81. The first kappa shape index (κ1) is 13.6. The maximum absolute atomic E-state index is 9.67. The molecule has 0 bridgehead atoms. The minimum atomic E-state index is 0.0977. The lowest BCUT2D eigenvalue weighted by Crippen LogP contribution is -1.97. The largest absolute Gasteiger partial charge is 0.504 e. The van der Waals surface area contributed by atoms with Crippen LogP contribution in [0.15, 0.2) is 18.2 Å². The van der Waals surface area contributed by atoms with Gasteiger partial charge in [0.25, 0.3) is 0 Å². The molecule has 0 saturated carbocycles. The molecular formula is C14H15ClN2O2. The second kappa shape index (κ2) is 5.45. The smallest absolute Gasteiger partial charge is 0.161 e. The quantitative estimate of drug-likeness (QED) is 0.873. The molecule has 0 fully saturated rings. The lowest BCUT2D eigenvalue weighted by Gasteiger charge is -2.09. The van der Waals surface area contributed by atoms with E-state index in [9.17, 15) is 5.11 Å². The number of aromatic nitrogens is 2. The summed E-state index contributed by atoms with van der Waals surface area (Å²) in [7, 11) is 0. The Morgan fingerprint density at radius 1 is 1.26 bits per heavy atom. The molecule has 5 heteroatoms. The number of halogens is 1. The van der Waals surface area contributed by atoms with Gasteiger partial charge in [0.2, 0.25) is 0 Å². The second-order valence-electron chi connectivity index (χ2n) is 4.16. The zero-order chi connectivity index (χ0) is 14.0. The standard InChI is InChI=1S/C14H15ClN2O2/c1-4-19-12-7-10(5-6-11(12)18)14-16-9(3)8(2)13(15)17-14/h5-7,18H,4H2,1-3H3. The van der Waals surface area contributed by atoms with Crippen molar-refractivity contribution in [2.45, 2.75) is 20.8 Å². The number of benzene rings is 1. The van der Waals surface area contributed by atoms with E-state index in [-0.39, 0.29) is 5.75 Å². The normalized spacial score (nSPS) is 10.5. The SMILES string of the molecule is CCOc1cc(-c2nc(C)c(C)c(Cl)n2)ccc1O. The molecule has 0 spiro atoms. The molecule has 0 atom stereocenters. The van der Waals surface area contributed by atoms with Crippen molar-refractivity contribution < 1.29 is 9.84 Å². The van der Waals surface area contributed by atoms with Crippen molar-refractivity contribution in [2.24, 2.45) is 0 Å². The van der Waals surface area contributed by atoms with E-state index in [2.05, 4.69) is 9.97 Å². The van der Waals surface area contributed by atoms with Crippen LogP contribution in [0.1, 0.15) is 18.2 Å². The van der Waals surface area contributed by atoms with E-state index < -0.39 is 0 Å². The van der Waals surface area contributed by atoms with Crippen LogP contribution in [0.2, 0.25) is 5.15 Å². The molecule has 1 N–H and O–H groups in total. The van der Waals surface area contributed by atoms with Gasteiger partial charge in [-0.05, 0) is 39.0 Å². The number of ether oxygens (including phenoxy) is 1. The van der Waals surface area contributed by atoms with Gasteiger partial charge in [0.05, 0.1) is 6.61 Å². The number of nitrogens with zero attached hydrogens (tertiary/aromatic N) is 2. The van der Waals surface area contributed by atoms with Crippen LogP contribution < -0.4 is 4.74 Å². The zero-order valence-corrected chi connectivity index (χ0v) is 11.8. The van der Waals surface area contributed by atoms with Crippen molar-refractivity contribution >= 4 is 11.6 Å². The van der Waals surface area contributed by atoms with Crippen LogP contribution in [0.5, 0.6) is 11.5 Å².